The molecule has 0 radical (unpaired) electrons. The summed E-state index contributed by atoms with van der Waals surface area (Å²) in [7, 11) is 0. The van der Waals surface area contributed by atoms with Gasteiger partial charge in [-0.1, -0.05) is 24.3 Å². The number of aryl methyl sites for hydroxylation is 2. The lowest BCUT2D eigenvalue weighted by atomic mass is 10.1. The fourth-order valence-electron chi connectivity index (χ4n) is 3.26. The summed E-state index contributed by atoms with van der Waals surface area (Å²) in [5, 5.41) is 20.3. The number of carbonyl (C=O) groups is 1. The highest BCUT2D eigenvalue weighted by Gasteiger charge is 2.13. The third-order valence-electron chi connectivity index (χ3n) is 4.85. The second-order valence-electron chi connectivity index (χ2n) is 7.19. The summed E-state index contributed by atoms with van der Waals surface area (Å²) in [6.45, 7) is 3.59. The van der Waals surface area contributed by atoms with E-state index >= 15 is 0 Å². The summed E-state index contributed by atoms with van der Waals surface area (Å²) in [5.74, 6) is -0.509. The molecule has 4 rings (SSSR count). The molecule has 0 spiro atoms. The number of halogens is 1. The number of azo groups is 1. The van der Waals surface area contributed by atoms with Gasteiger partial charge in [-0.2, -0.15) is 5.11 Å². The molecule has 6 heteroatoms. The van der Waals surface area contributed by atoms with Gasteiger partial charge in [-0.25, -0.2) is 9.18 Å². The predicted octanol–water partition coefficient (Wildman–Crippen LogP) is 6.94. The van der Waals surface area contributed by atoms with Crippen molar-refractivity contribution in [1.82, 2.24) is 0 Å². The first kappa shape index (κ1) is 20.2. The number of fused-ring (bicyclic) bond motifs is 1. The van der Waals surface area contributed by atoms with Crippen molar-refractivity contribution < 1.29 is 19.0 Å². The van der Waals surface area contributed by atoms with E-state index in [1.165, 1.54) is 24.3 Å². The first-order chi connectivity index (χ1) is 14.9. The van der Waals surface area contributed by atoms with Crippen LogP contribution in [0.3, 0.4) is 0 Å². The molecule has 5 nitrogen and oxygen atoms in total. The molecule has 4 aromatic rings. The zero-order chi connectivity index (χ0) is 22.0. The van der Waals surface area contributed by atoms with Gasteiger partial charge in [-0.3, -0.25) is 0 Å². The molecule has 0 atom stereocenters. The molecule has 0 aromatic heterocycles. The molecule has 0 bridgehead atoms. The van der Waals surface area contributed by atoms with Crippen molar-refractivity contribution in [2.45, 2.75) is 13.8 Å². The van der Waals surface area contributed by atoms with E-state index in [2.05, 4.69) is 10.2 Å². The lowest BCUT2D eigenvalue weighted by Crippen LogP contribution is -2.08. The predicted molar refractivity (Wildman–Crippen MR) is 117 cm³/mol. The summed E-state index contributed by atoms with van der Waals surface area (Å²) < 4.78 is 18.5. The second kappa shape index (κ2) is 8.36. The van der Waals surface area contributed by atoms with Crippen molar-refractivity contribution in [3.63, 3.8) is 0 Å². The Morgan fingerprint density at radius 1 is 0.903 bits per heavy atom. The molecular formula is C25H19FN2O3. The number of hydrogen-bond donors (Lipinski definition) is 1. The van der Waals surface area contributed by atoms with Gasteiger partial charge in [0.15, 0.2) is 0 Å². The molecule has 31 heavy (non-hydrogen) atoms. The van der Waals surface area contributed by atoms with E-state index in [9.17, 15) is 14.3 Å². The number of benzene rings is 4. The van der Waals surface area contributed by atoms with Crippen molar-refractivity contribution in [3.8, 4) is 11.5 Å². The van der Waals surface area contributed by atoms with Crippen LogP contribution in [-0.2, 0) is 0 Å². The molecule has 0 saturated carbocycles. The van der Waals surface area contributed by atoms with Gasteiger partial charge in [0.05, 0.1) is 16.9 Å². The molecule has 0 unspecified atom stereocenters. The normalized spacial score (nSPS) is 11.2. The average molecular weight is 414 g/mol. The molecule has 0 heterocycles. The van der Waals surface area contributed by atoms with Crippen LogP contribution in [0.1, 0.15) is 21.5 Å². The van der Waals surface area contributed by atoms with E-state index < -0.39 is 11.8 Å². The Morgan fingerprint density at radius 2 is 1.58 bits per heavy atom. The standard InChI is InChI=1S/C25H19FN2O3/c1-15-11-20(12-16(2)24(15)29)27-28-23-14-18(13-17-5-3-4-6-22(17)23)25(30)31-21-9-7-19(26)8-10-21/h3-14,29H,1-2H3/b28-27+. The lowest BCUT2D eigenvalue weighted by Gasteiger charge is -2.08. The molecule has 4 aromatic carbocycles. The summed E-state index contributed by atoms with van der Waals surface area (Å²) in [6, 6.07) is 19.6. The Morgan fingerprint density at radius 3 is 2.29 bits per heavy atom. The number of nitrogens with zero attached hydrogens (tertiary/aromatic N) is 2. The number of hydrogen-bond acceptors (Lipinski definition) is 5. The van der Waals surface area contributed by atoms with E-state index in [1.54, 1.807) is 38.1 Å². The molecule has 0 fully saturated rings. The number of carbonyl (C=O) groups excluding carboxylic acids is 1. The number of rotatable bonds is 4. The Bertz CT molecular complexity index is 1290. The SMILES string of the molecule is Cc1cc(/N=N/c2cc(C(=O)Oc3ccc(F)cc3)cc3ccccc23)cc(C)c1O. The number of aromatic hydroxyl groups is 1. The Hall–Kier alpha value is -4.06. The first-order valence-corrected chi connectivity index (χ1v) is 9.63. The molecule has 0 aliphatic rings. The number of phenolic OH excluding ortho intramolecular Hbond substituents is 1. The zero-order valence-corrected chi connectivity index (χ0v) is 17.0. The molecule has 1 N–H and O–H groups in total. The highest BCUT2D eigenvalue weighted by Crippen LogP contribution is 2.32. The largest absolute Gasteiger partial charge is 0.507 e. The van der Waals surface area contributed by atoms with E-state index in [4.69, 9.17) is 4.74 Å². The third kappa shape index (κ3) is 4.43. The van der Waals surface area contributed by atoms with Gasteiger partial charge in [0, 0.05) is 5.39 Å². The van der Waals surface area contributed by atoms with Crippen molar-refractivity contribution >= 4 is 28.1 Å². The van der Waals surface area contributed by atoms with E-state index in [0.717, 1.165) is 10.8 Å². The molecular weight excluding hydrogens is 395 g/mol. The van der Waals surface area contributed by atoms with Crippen molar-refractivity contribution in [2.24, 2.45) is 10.2 Å². The van der Waals surface area contributed by atoms with Crippen LogP contribution < -0.4 is 4.74 Å². The average Bonchev–Trinajstić information content (AvgIpc) is 2.77. The molecule has 0 aliphatic heterocycles. The van der Waals surface area contributed by atoms with Crippen LogP contribution in [0.15, 0.2) is 83.0 Å². The van der Waals surface area contributed by atoms with Crippen molar-refractivity contribution in [3.05, 3.63) is 95.3 Å². The van der Waals surface area contributed by atoms with Gasteiger partial charge in [0.1, 0.15) is 17.3 Å². The maximum absolute atomic E-state index is 13.1. The maximum atomic E-state index is 13.1. The minimum atomic E-state index is -0.579. The van der Waals surface area contributed by atoms with Crippen LogP contribution >= 0.6 is 0 Å². The second-order valence-corrected chi connectivity index (χ2v) is 7.19. The Kier molecular flexibility index (Phi) is 5.45. The van der Waals surface area contributed by atoms with Crippen LogP contribution in [0.5, 0.6) is 11.5 Å². The van der Waals surface area contributed by atoms with Crippen LogP contribution in [0.2, 0.25) is 0 Å². The molecule has 0 amide bonds. The molecule has 154 valence electrons. The highest BCUT2D eigenvalue weighted by atomic mass is 19.1. The smallest absolute Gasteiger partial charge is 0.343 e. The summed E-state index contributed by atoms with van der Waals surface area (Å²) in [4.78, 5) is 12.7. The molecule has 0 aliphatic carbocycles. The van der Waals surface area contributed by atoms with Crippen LogP contribution in [0.25, 0.3) is 10.8 Å². The van der Waals surface area contributed by atoms with Crippen molar-refractivity contribution in [2.75, 3.05) is 0 Å². The van der Waals surface area contributed by atoms with Gasteiger partial charge in [-0.05, 0) is 78.9 Å². The van der Waals surface area contributed by atoms with Crippen LogP contribution in [0.4, 0.5) is 15.8 Å². The summed E-state index contributed by atoms with van der Waals surface area (Å²) in [6.07, 6.45) is 0. The van der Waals surface area contributed by atoms with Crippen LogP contribution in [-0.4, -0.2) is 11.1 Å². The Balaban J connectivity index is 1.71. The Labute approximate surface area is 178 Å². The first-order valence-electron chi connectivity index (χ1n) is 9.63. The topological polar surface area (TPSA) is 71.2 Å². The van der Waals surface area contributed by atoms with Crippen LogP contribution in [0, 0.1) is 19.7 Å². The van der Waals surface area contributed by atoms with Gasteiger partial charge in [0.2, 0.25) is 0 Å². The zero-order valence-electron chi connectivity index (χ0n) is 17.0. The minimum Gasteiger partial charge on any atom is -0.507 e. The molecule has 0 saturated heterocycles. The fourth-order valence-corrected chi connectivity index (χ4v) is 3.26. The van der Waals surface area contributed by atoms with Gasteiger partial charge < -0.3 is 9.84 Å². The fraction of sp³-hybridized carbons (Fsp3) is 0.0800. The maximum Gasteiger partial charge on any atom is 0.343 e. The lowest BCUT2D eigenvalue weighted by molar-refractivity contribution is 0.0734. The monoisotopic (exact) mass is 414 g/mol. The van der Waals surface area contributed by atoms with Crippen molar-refractivity contribution in [1.29, 1.82) is 0 Å². The summed E-state index contributed by atoms with van der Waals surface area (Å²) >= 11 is 0. The quantitative estimate of drug-likeness (QED) is 0.223. The van der Waals surface area contributed by atoms with E-state index in [1.807, 2.05) is 24.3 Å². The van der Waals surface area contributed by atoms with E-state index in [0.29, 0.717) is 28.1 Å². The third-order valence-corrected chi connectivity index (χ3v) is 4.85. The summed E-state index contributed by atoms with van der Waals surface area (Å²) in [5.41, 5.74) is 2.81. The minimum absolute atomic E-state index is 0.231. The van der Waals surface area contributed by atoms with Gasteiger partial charge in [0.25, 0.3) is 0 Å². The number of ether oxygens (including phenoxy) is 1. The van der Waals surface area contributed by atoms with Gasteiger partial charge in [-0.15, -0.1) is 5.11 Å². The van der Waals surface area contributed by atoms with Gasteiger partial charge >= 0.3 is 5.97 Å². The number of phenols is 1. The van der Waals surface area contributed by atoms with E-state index in [-0.39, 0.29) is 11.5 Å². The number of esters is 1. The highest BCUT2D eigenvalue weighted by molar-refractivity contribution is 6.01.